The number of halogens is 3. The first-order valence-corrected chi connectivity index (χ1v) is 12.1. The Morgan fingerprint density at radius 3 is 2.58 bits per heavy atom. The first-order valence-electron chi connectivity index (χ1n) is 10.1. The second-order valence-corrected chi connectivity index (χ2v) is 9.46. The third-order valence-electron chi connectivity index (χ3n) is 4.74. The zero-order valence-corrected chi connectivity index (χ0v) is 21.9. The average molecular weight is 633 g/mol. The van der Waals surface area contributed by atoms with Crippen LogP contribution in [0, 0.1) is 10.1 Å². The fraction of sp³-hybridized carbons (Fsp3) is 0. The SMILES string of the molecule is O=C(/C=C/c1cccc([N+](=O)[O-])c1)Oc1c(Br)cc(Br)cc1/C=C1\N=C(c2ccc(Cl)cc2)OC1=O. The normalized spacial score (nSPS) is 14.1. The van der Waals surface area contributed by atoms with Gasteiger partial charge in [0, 0.05) is 38.8 Å². The molecule has 0 saturated heterocycles. The highest BCUT2D eigenvalue weighted by Crippen LogP contribution is 2.35. The molecule has 36 heavy (non-hydrogen) atoms. The number of benzene rings is 3. The zero-order chi connectivity index (χ0) is 25.8. The maximum Gasteiger partial charge on any atom is 0.363 e. The van der Waals surface area contributed by atoms with Gasteiger partial charge in [0.25, 0.3) is 5.69 Å². The van der Waals surface area contributed by atoms with Gasteiger partial charge in [0.2, 0.25) is 5.90 Å². The number of esters is 2. The van der Waals surface area contributed by atoms with Crippen molar-refractivity contribution in [1.29, 1.82) is 0 Å². The van der Waals surface area contributed by atoms with E-state index >= 15 is 0 Å². The smallest absolute Gasteiger partial charge is 0.363 e. The van der Waals surface area contributed by atoms with Gasteiger partial charge in [0.15, 0.2) is 11.4 Å². The molecule has 0 unspecified atom stereocenters. The van der Waals surface area contributed by atoms with Gasteiger partial charge in [0.05, 0.1) is 9.40 Å². The van der Waals surface area contributed by atoms with Crippen molar-refractivity contribution in [3.63, 3.8) is 0 Å². The molecule has 0 amide bonds. The van der Waals surface area contributed by atoms with Crippen LogP contribution in [0.25, 0.3) is 12.2 Å². The predicted octanol–water partition coefficient (Wildman–Crippen LogP) is 6.74. The van der Waals surface area contributed by atoms with Crippen LogP contribution in [-0.2, 0) is 14.3 Å². The van der Waals surface area contributed by atoms with Crippen molar-refractivity contribution in [3.8, 4) is 5.75 Å². The number of nitro benzene ring substituents is 1. The molecule has 0 radical (unpaired) electrons. The Hall–Kier alpha value is -3.60. The van der Waals surface area contributed by atoms with E-state index in [4.69, 9.17) is 21.1 Å². The number of aliphatic imine (C=N–C) groups is 1. The molecule has 11 heteroatoms. The molecule has 0 N–H and O–H groups in total. The van der Waals surface area contributed by atoms with Gasteiger partial charge in [-0.3, -0.25) is 10.1 Å². The number of carbonyl (C=O) groups excluding carboxylic acids is 2. The number of rotatable bonds is 6. The van der Waals surface area contributed by atoms with Crippen LogP contribution in [0.3, 0.4) is 0 Å². The minimum absolute atomic E-state index is 0.00869. The molecule has 0 aliphatic carbocycles. The second kappa shape index (κ2) is 11.0. The number of non-ortho nitro benzene ring substituents is 1. The van der Waals surface area contributed by atoms with Gasteiger partial charge >= 0.3 is 11.9 Å². The molecule has 3 aromatic rings. The topological polar surface area (TPSA) is 108 Å². The van der Waals surface area contributed by atoms with E-state index in [0.717, 1.165) is 6.08 Å². The number of nitrogens with zero attached hydrogens (tertiary/aromatic N) is 2. The summed E-state index contributed by atoms with van der Waals surface area (Å²) in [5, 5.41) is 11.5. The van der Waals surface area contributed by atoms with Crippen LogP contribution in [0.5, 0.6) is 5.75 Å². The van der Waals surface area contributed by atoms with Crippen LogP contribution in [0.1, 0.15) is 16.7 Å². The largest absolute Gasteiger partial charge is 0.422 e. The van der Waals surface area contributed by atoms with Gasteiger partial charge in [0.1, 0.15) is 0 Å². The molecule has 1 aliphatic rings. The van der Waals surface area contributed by atoms with E-state index in [1.54, 1.807) is 42.5 Å². The Kier molecular flexibility index (Phi) is 7.78. The maximum atomic E-state index is 12.5. The maximum absolute atomic E-state index is 12.5. The highest BCUT2D eigenvalue weighted by Gasteiger charge is 2.25. The molecule has 0 bridgehead atoms. The van der Waals surface area contributed by atoms with E-state index < -0.39 is 16.9 Å². The van der Waals surface area contributed by atoms with E-state index in [-0.39, 0.29) is 23.0 Å². The average Bonchev–Trinajstić information content (AvgIpc) is 3.20. The molecule has 1 aliphatic heterocycles. The summed E-state index contributed by atoms with van der Waals surface area (Å²) < 4.78 is 11.9. The fourth-order valence-corrected chi connectivity index (χ4v) is 4.57. The standard InChI is InChI=1S/C25H13Br2ClN2O6/c26-17-11-16(12-21-25(32)36-24(29-21)15-5-7-18(28)8-6-15)23(20(27)13-17)35-22(31)9-4-14-2-1-3-19(10-14)30(33)34/h1-13H/b9-4+,21-12-. The number of ether oxygens (including phenoxy) is 2. The van der Waals surface area contributed by atoms with Crippen molar-refractivity contribution in [1.82, 2.24) is 0 Å². The summed E-state index contributed by atoms with van der Waals surface area (Å²) in [7, 11) is 0. The minimum Gasteiger partial charge on any atom is -0.422 e. The van der Waals surface area contributed by atoms with Crippen molar-refractivity contribution < 1.29 is 24.0 Å². The summed E-state index contributed by atoms with van der Waals surface area (Å²) in [6.07, 6.45) is 3.98. The molecule has 3 aromatic carbocycles. The van der Waals surface area contributed by atoms with Crippen molar-refractivity contribution in [2.45, 2.75) is 0 Å². The Morgan fingerprint density at radius 1 is 1.11 bits per heavy atom. The molecule has 0 saturated carbocycles. The van der Waals surface area contributed by atoms with Crippen LogP contribution in [0.15, 0.2) is 86.4 Å². The molecule has 0 fully saturated rings. The van der Waals surface area contributed by atoms with E-state index in [1.807, 2.05) is 0 Å². The van der Waals surface area contributed by atoms with Crippen molar-refractivity contribution in [2.75, 3.05) is 0 Å². The van der Waals surface area contributed by atoms with Crippen molar-refractivity contribution in [3.05, 3.63) is 113 Å². The highest BCUT2D eigenvalue weighted by atomic mass is 79.9. The van der Waals surface area contributed by atoms with Crippen LogP contribution in [0.4, 0.5) is 5.69 Å². The first-order chi connectivity index (χ1) is 17.2. The highest BCUT2D eigenvalue weighted by molar-refractivity contribution is 9.11. The van der Waals surface area contributed by atoms with Gasteiger partial charge in [-0.2, -0.15) is 0 Å². The number of cyclic esters (lactones) is 1. The van der Waals surface area contributed by atoms with E-state index in [1.165, 1.54) is 30.4 Å². The molecule has 4 rings (SSSR count). The van der Waals surface area contributed by atoms with Gasteiger partial charge in [-0.1, -0.05) is 39.7 Å². The Morgan fingerprint density at radius 2 is 1.86 bits per heavy atom. The Labute approximate surface area is 226 Å². The lowest BCUT2D eigenvalue weighted by Crippen LogP contribution is -2.06. The number of nitro groups is 1. The summed E-state index contributed by atoms with van der Waals surface area (Å²) in [5.74, 6) is -1.14. The van der Waals surface area contributed by atoms with Gasteiger partial charge in [-0.15, -0.1) is 0 Å². The van der Waals surface area contributed by atoms with Crippen LogP contribution >= 0.6 is 43.5 Å². The van der Waals surface area contributed by atoms with Crippen LogP contribution in [0.2, 0.25) is 5.02 Å². The lowest BCUT2D eigenvalue weighted by molar-refractivity contribution is -0.384. The van der Waals surface area contributed by atoms with E-state index in [0.29, 0.717) is 30.7 Å². The van der Waals surface area contributed by atoms with E-state index in [2.05, 4.69) is 36.9 Å². The van der Waals surface area contributed by atoms with Crippen LogP contribution < -0.4 is 4.74 Å². The molecule has 0 spiro atoms. The zero-order valence-electron chi connectivity index (χ0n) is 18.0. The molecule has 1 heterocycles. The summed E-state index contributed by atoms with van der Waals surface area (Å²) in [6, 6.07) is 15.8. The summed E-state index contributed by atoms with van der Waals surface area (Å²) in [5.41, 5.74) is 1.31. The Bertz CT molecular complexity index is 1480. The van der Waals surface area contributed by atoms with Gasteiger partial charge in [-0.25, -0.2) is 14.6 Å². The molecule has 180 valence electrons. The number of carbonyl (C=O) groups is 2. The minimum atomic E-state index is -0.733. The molecular formula is C25H13Br2ClN2O6. The lowest BCUT2D eigenvalue weighted by atomic mass is 10.1. The first kappa shape index (κ1) is 25.5. The molecule has 0 aromatic heterocycles. The summed E-state index contributed by atoms with van der Waals surface area (Å²) in [4.78, 5) is 39.7. The van der Waals surface area contributed by atoms with Crippen molar-refractivity contribution in [2.24, 2.45) is 4.99 Å². The van der Waals surface area contributed by atoms with Gasteiger partial charge in [-0.05, 0) is 70.0 Å². The summed E-state index contributed by atoms with van der Waals surface area (Å²) in [6.45, 7) is 0. The number of hydrogen-bond donors (Lipinski definition) is 0. The third-order valence-corrected chi connectivity index (χ3v) is 6.04. The Balaban J connectivity index is 1.61. The third kappa shape index (κ3) is 6.14. The van der Waals surface area contributed by atoms with E-state index in [9.17, 15) is 19.7 Å². The lowest BCUT2D eigenvalue weighted by Gasteiger charge is -2.09. The van der Waals surface area contributed by atoms with Gasteiger partial charge < -0.3 is 9.47 Å². The predicted molar refractivity (Wildman–Crippen MR) is 142 cm³/mol. The quantitative estimate of drug-likeness (QED) is 0.0980. The van der Waals surface area contributed by atoms with Crippen molar-refractivity contribution >= 4 is 79.1 Å². The molecule has 0 atom stereocenters. The molecular weight excluding hydrogens is 620 g/mol. The fourth-order valence-electron chi connectivity index (χ4n) is 3.11. The molecule has 8 nitrogen and oxygen atoms in total. The second-order valence-electron chi connectivity index (χ2n) is 7.26. The monoisotopic (exact) mass is 630 g/mol. The van der Waals surface area contributed by atoms with Crippen LogP contribution in [-0.4, -0.2) is 22.8 Å². The summed E-state index contributed by atoms with van der Waals surface area (Å²) >= 11 is 12.7. The number of hydrogen-bond acceptors (Lipinski definition) is 7.